The van der Waals surface area contributed by atoms with Crippen molar-refractivity contribution in [1.29, 1.82) is 0 Å². The number of aliphatic hydroxyl groups is 1. The zero-order valence-electron chi connectivity index (χ0n) is 10.4. The van der Waals surface area contributed by atoms with Gasteiger partial charge in [0.2, 0.25) is 0 Å². The molecule has 1 aliphatic carbocycles. The van der Waals surface area contributed by atoms with E-state index >= 15 is 0 Å². The Hall–Kier alpha value is -0.860. The lowest BCUT2D eigenvalue weighted by Crippen LogP contribution is -2.38. The highest BCUT2D eigenvalue weighted by molar-refractivity contribution is 5.42. The zero-order valence-corrected chi connectivity index (χ0v) is 10.4. The van der Waals surface area contributed by atoms with E-state index in [9.17, 15) is 5.11 Å². The zero-order chi connectivity index (χ0) is 11.9. The summed E-state index contributed by atoms with van der Waals surface area (Å²) in [6, 6.07) is 4.26. The monoisotopic (exact) mass is 219 g/mol. The SMILES string of the molecule is Cc1cc(C)c(C(O)(CN)C2CC2)c(C)c1. The lowest BCUT2D eigenvalue weighted by atomic mass is 9.82. The highest BCUT2D eigenvalue weighted by Crippen LogP contribution is 2.47. The van der Waals surface area contributed by atoms with E-state index in [0.717, 1.165) is 29.5 Å². The Balaban J connectivity index is 2.53. The molecule has 0 saturated heterocycles. The molecule has 1 unspecified atom stereocenters. The predicted octanol–water partition coefficient (Wildman–Crippen LogP) is 2.17. The van der Waals surface area contributed by atoms with Gasteiger partial charge < -0.3 is 10.8 Å². The summed E-state index contributed by atoms with van der Waals surface area (Å²) in [6.07, 6.45) is 2.20. The molecule has 1 aliphatic rings. The molecular formula is C14H21NO. The quantitative estimate of drug-likeness (QED) is 0.818. The van der Waals surface area contributed by atoms with Gasteiger partial charge >= 0.3 is 0 Å². The molecule has 0 spiro atoms. The van der Waals surface area contributed by atoms with Crippen LogP contribution in [0.25, 0.3) is 0 Å². The summed E-state index contributed by atoms with van der Waals surface area (Å²) in [5.41, 5.74) is 9.63. The van der Waals surface area contributed by atoms with E-state index in [1.165, 1.54) is 5.56 Å². The molecule has 0 bridgehead atoms. The average molecular weight is 219 g/mol. The van der Waals surface area contributed by atoms with Crippen molar-refractivity contribution in [1.82, 2.24) is 0 Å². The summed E-state index contributed by atoms with van der Waals surface area (Å²) in [5.74, 6) is 0.359. The fraction of sp³-hybridized carbons (Fsp3) is 0.571. The highest BCUT2D eigenvalue weighted by Gasteiger charge is 2.45. The molecule has 0 radical (unpaired) electrons. The first-order valence-electron chi connectivity index (χ1n) is 6.00. The van der Waals surface area contributed by atoms with Crippen LogP contribution in [0.1, 0.15) is 35.1 Å². The van der Waals surface area contributed by atoms with Gasteiger partial charge in [0.05, 0.1) is 0 Å². The standard InChI is InChI=1S/C14H21NO/c1-9-6-10(2)13(11(3)7-9)14(16,8-15)12-4-5-12/h6-7,12,16H,4-5,8,15H2,1-3H3. The minimum Gasteiger partial charge on any atom is -0.384 e. The lowest BCUT2D eigenvalue weighted by molar-refractivity contribution is 0.0210. The summed E-state index contributed by atoms with van der Waals surface area (Å²) < 4.78 is 0. The van der Waals surface area contributed by atoms with Crippen LogP contribution in [0, 0.1) is 26.7 Å². The van der Waals surface area contributed by atoms with Crippen LogP contribution in [0.15, 0.2) is 12.1 Å². The molecule has 1 saturated carbocycles. The second-order valence-corrected chi connectivity index (χ2v) is 5.18. The number of aryl methyl sites for hydroxylation is 3. The lowest BCUT2D eigenvalue weighted by Gasteiger charge is -2.30. The van der Waals surface area contributed by atoms with Crippen LogP contribution in [0.3, 0.4) is 0 Å². The molecule has 1 atom stereocenters. The van der Waals surface area contributed by atoms with Gasteiger partial charge in [0, 0.05) is 6.54 Å². The van der Waals surface area contributed by atoms with Crippen LogP contribution in [0.5, 0.6) is 0 Å². The summed E-state index contributed by atoms with van der Waals surface area (Å²) in [6.45, 7) is 6.54. The molecule has 2 heteroatoms. The maximum Gasteiger partial charge on any atom is 0.105 e. The smallest absolute Gasteiger partial charge is 0.105 e. The van der Waals surface area contributed by atoms with Crippen molar-refractivity contribution < 1.29 is 5.11 Å². The van der Waals surface area contributed by atoms with Gasteiger partial charge in [0.15, 0.2) is 0 Å². The second-order valence-electron chi connectivity index (χ2n) is 5.18. The number of rotatable bonds is 3. The largest absolute Gasteiger partial charge is 0.384 e. The predicted molar refractivity (Wildman–Crippen MR) is 66.3 cm³/mol. The molecule has 1 fully saturated rings. The Kier molecular flexibility index (Phi) is 2.81. The van der Waals surface area contributed by atoms with Crippen molar-refractivity contribution in [3.05, 3.63) is 34.4 Å². The van der Waals surface area contributed by atoms with Crippen molar-refractivity contribution >= 4 is 0 Å². The van der Waals surface area contributed by atoms with Gasteiger partial charge in [-0.2, -0.15) is 0 Å². The Morgan fingerprint density at radius 3 is 2.12 bits per heavy atom. The molecule has 2 nitrogen and oxygen atoms in total. The first kappa shape index (κ1) is 11.6. The number of benzene rings is 1. The maximum atomic E-state index is 10.8. The van der Waals surface area contributed by atoms with Gasteiger partial charge in [-0.15, -0.1) is 0 Å². The van der Waals surface area contributed by atoms with E-state index in [4.69, 9.17) is 5.73 Å². The molecule has 88 valence electrons. The van der Waals surface area contributed by atoms with E-state index in [2.05, 4.69) is 32.9 Å². The van der Waals surface area contributed by atoms with Crippen molar-refractivity contribution in [3.8, 4) is 0 Å². The molecule has 16 heavy (non-hydrogen) atoms. The van der Waals surface area contributed by atoms with Crippen LogP contribution in [0.2, 0.25) is 0 Å². The number of nitrogens with two attached hydrogens (primary N) is 1. The average Bonchev–Trinajstić information content (AvgIpc) is 2.98. The van der Waals surface area contributed by atoms with Gasteiger partial charge in [-0.25, -0.2) is 0 Å². The fourth-order valence-electron chi connectivity index (χ4n) is 2.90. The molecule has 0 amide bonds. The molecule has 3 N–H and O–H groups in total. The summed E-state index contributed by atoms with van der Waals surface area (Å²) in [4.78, 5) is 0. The third-order valence-electron chi connectivity index (χ3n) is 3.67. The molecule has 0 heterocycles. The van der Waals surface area contributed by atoms with Crippen molar-refractivity contribution in [2.75, 3.05) is 6.54 Å². The number of hydrogen-bond donors (Lipinski definition) is 2. The van der Waals surface area contributed by atoms with Gasteiger partial charge in [0.1, 0.15) is 5.60 Å². The fourth-order valence-corrected chi connectivity index (χ4v) is 2.90. The second kappa shape index (κ2) is 3.86. The summed E-state index contributed by atoms with van der Waals surface area (Å²) in [5, 5.41) is 10.8. The first-order chi connectivity index (χ1) is 7.49. The van der Waals surface area contributed by atoms with E-state index < -0.39 is 5.60 Å². The van der Waals surface area contributed by atoms with Gasteiger partial charge in [0.25, 0.3) is 0 Å². The van der Waals surface area contributed by atoms with Crippen molar-refractivity contribution in [3.63, 3.8) is 0 Å². The van der Waals surface area contributed by atoms with E-state index in [1.54, 1.807) is 0 Å². The minimum atomic E-state index is -0.804. The Bertz CT molecular complexity index is 386. The Labute approximate surface area is 97.5 Å². The third-order valence-corrected chi connectivity index (χ3v) is 3.67. The van der Waals surface area contributed by atoms with Crippen LogP contribution in [-0.2, 0) is 5.60 Å². The van der Waals surface area contributed by atoms with E-state index in [0.29, 0.717) is 12.5 Å². The molecular weight excluding hydrogens is 198 g/mol. The van der Waals surface area contributed by atoms with Crippen LogP contribution in [0.4, 0.5) is 0 Å². The summed E-state index contributed by atoms with van der Waals surface area (Å²) in [7, 11) is 0. The van der Waals surface area contributed by atoms with E-state index in [1.807, 2.05) is 0 Å². The molecule has 1 aromatic rings. The molecule has 1 aromatic carbocycles. The maximum absolute atomic E-state index is 10.8. The van der Waals surface area contributed by atoms with Crippen LogP contribution < -0.4 is 5.73 Å². The normalized spacial score (nSPS) is 19.6. The van der Waals surface area contributed by atoms with Crippen molar-refractivity contribution in [2.24, 2.45) is 11.7 Å². The minimum absolute atomic E-state index is 0.322. The van der Waals surface area contributed by atoms with Gasteiger partial charge in [-0.1, -0.05) is 17.7 Å². The van der Waals surface area contributed by atoms with E-state index in [-0.39, 0.29) is 0 Å². The molecule has 0 aliphatic heterocycles. The van der Waals surface area contributed by atoms with Gasteiger partial charge in [-0.3, -0.25) is 0 Å². The van der Waals surface area contributed by atoms with Crippen LogP contribution >= 0.6 is 0 Å². The molecule has 2 rings (SSSR count). The number of hydrogen-bond acceptors (Lipinski definition) is 2. The summed E-state index contributed by atoms with van der Waals surface area (Å²) >= 11 is 0. The Morgan fingerprint density at radius 2 is 1.75 bits per heavy atom. The Morgan fingerprint density at radius 1 is 1.25 bits per heavy atom. The van der Waals surface area contributed by atoms with Crippen molar-refractivity contribution in [2.45, 2.75) is 39.2 Å². The van der Waals surface area contributed by atoms with Gasteiger partial charge in [-0.05, 0) is 56.2 Å². The molecule has 0 aromatic heterocycles. The first-order valence-corrected chi connectivity index (χ1v) is 6.00. The van der Waals surface area contributed by atoms with Crippen LogP contribution in [-0.4, -0.2) is 11.7 Å². The topological polar surface area (TPSA) is 46.2 Å². The highest BCUT2D eigenvalue weighted by atomic mass is 16.3. The third kappa shape index (κ3) is 1.76.